The molecule has 0 radical (unpaired) electrons. The van der Waals surface area contributed by atoms with Crippen LogP contribution in [0.2, 0.25) is 0 Å². The van der Waals surface area contributed by atoms with Crippen LogP contribution in [0.15, 0.2) is 17.3 Å². The second kappa shape index (κ2) is 6.63. The third-order valence-electron chi connectivity index (χ3n) is 3.20. The average Bonchev–Trinajstić information content (AvgIpc) is 2.88. The summed E-state index contributed by atoms with van der Waals surface area (Å²) in [5.41, 5.74) is 0.0252. The first kappa shape index (κ1) is 14.0. The van der Waals surface area contributed by atoms with E-state index in [0.717, 1.165) is 26.0 Å². The number of nitrogens with one attached hydrogen (secondary N) is 1. The minimum atomic E-state index is 0.0252. The molecule has 1 aromatic heterocycles. The predicted molar refractivity (Wildman–Crippen MR) is 77.7 cm³/mol. The number of halogens is 1. The van der Waals surface area contributed by atoms with E-state index in [2.05, 4.69) is 17.2 Å². The van der Waals surface area contributed by atoms with Crippen molar-refractivity contribution in [2.75, 3.05) is 13.2 Å². The van der Waals surface area contributed by atoms with Crippen LogP contribution in [0.25, 0.3) is 0 Å². The van der Waals surface area contributed by atoms with Crippen LogP contribution in [0.4, 0.5) is 0 Å². The Morgan fingerprint density at radius 2 is 2.56 bits per heavy atom. The molecule has 0 saturated carbocycles. The summed E-state index contributed by atoms with van der Waals surface area (Å²) in [6, 6.07) is 0.332. The zero-order valence-electron chi connectivity index (χ0n) is 10.4. The second-order valence-electron chi connectivity index (χ2n) is 4.53. The highest BCUT2D eigenvalue weighted by atomic mass is 127. The molecule has 1 aliphatic heterocycles. The lowest BCUT2D eigenvalue weighted by atomic mass is 10.1. The van der Waals surface area contributed by atoms with E-state index < -0.39 is 0 Å². The number of ether oxygens (including phenoxy) is 1. The van der Waals surface area contributed by atoms with Crippen molar-refractivity contribution < 1.29 is 4.74 Å². The summed E-state index contributed by atoms with van der Waals surface area (Å²) in [5.74, 6) is 0. The lowest BCUT2D eigenvalue weighted by molar-refractivity contribution is 0.0835. The van der Waals surface area contributed by atoms with Gasteiger partial charge >= 0.3 is 0 Å². The molecule has 2 atom stereocenters. The van der Waals surface area contributed by atoms with E-state index in [1.807, 2.05) is 22.6 Å². The molecule has 2 unspecified atom stereocenters. The highest BCUT2D eigenvalue weighted by molar-refractivity contribution is 14.1. The molecule has 0 amide bonds. The van der Waals surface area contributed by atoms with Crippen LogP contribution in [-0.4, -0.2) is 34.8 Å². The maximum absolute atomic E-state index is 11.8. The van der Waals surface area contributed by atoms with Gasteiger partial charge in [0.15, 0.2) is 0 Å². The van der Waals surface area contributed by atoms with Crippen LogP contribution in [0.1, 0.15) is 19.8 Å². The molecule has 1 saturated heterocycles. The third kappa shape index (κ3) is 3.52. The highest BCUT2D eigenvalue weighted by Gasteiger charge is 2.21. The Hall–Kier alpha value is -0.470. The fraction of sp³-hybridized carbons (Fsp3) is 0.667. The minimum absolute atomic E-state index is 0.0252. The van der Waals surface area contributed by atoms with Crippen molar-refractivity contribution >= 4 is 22.6 Å². The van der Waals surface area contributed by atoms with Crippen LogP contribution < -0.4 is 10.9 Å². The smallest absolute Gasteiger partial charge is 0.266 e. The van der Waals surface area contributed by atoms with Gasteiger partial charge < -0.3 is 10.1 Å². The van der Waals surface area contributed by atoms with Crippen LogP contribution in [0.3, 0.4) is 0 Å². The molecule has 1 N–H and O–H groups in total. The van der Waals surface area contributed by atoms with E-state index in [0.29, 0.717) is 22.3 Å². The fourth-order valence-corrected chi connectivity index (χ4v) is 2.60. The van der Waals surface area contributed by atoms with Crippen molar-refractivity contribution in [1.82, 2.24) is 14.9 Å². The van der Waals surface area contributed by atoms with Crippen LogP contribution in [0.5, 0.6) is 0 Å². The maximum atomic E-state index is 11.8. The topological polar surface area (TPSA) is 56.2 Å². The molecule has 1 aromatic rings. The van der Waals surface area contributed by atoms with Gasteiger partial charge in [-0.15, -0.1) is 0 Å². The summed E-state index contributed by atoms with van der Waals surface area (Å²) in [6.45, 7) is 4.39. The van der Waals surface area contributed by atoms with Crippen molar-refractivity contribution in [2.45, 2.75) is 38.5 Å². The number of hydrogen-bond donors (Lipinski definition) is 1. The average molecular weight is 363 g/mol. The molecule has 0 bridgehead atoms. The summed E-state index contributed by atoms with van der Waals surface area (Å²) in [5, 5.41) is 3.40. The van der Waals surface area contributed by atoms with Gasteiger partial charge in [-0.1, -0.05) is 0 Å². The van der Waals surface area contributed by atoms with Crippen LogP contribution in [-0.2, 0) is 11.3 Å². The van der Waals surface area contributed by atoms with Crippen LogP contribution >= 0.6 is 22.6 Å². The summed E-state index contributed by atoms with van der Waals surface area (Å²) >= 11 is 2.01. The first-order valence-electron chi connectivity index (χ1n) is 6.23. The molecular weight excluding hydrogens is 345 g/mol. The quantitative estimate of drug-likeness (QED) is 0.794. The van der Waals surface area contributed by atoms with Gasteiger partial charge in [-0.3, -0.25) is 9.36 Å². The van der Waals surface area contributed by atoms with E-state index in [1.165, 1.54) is 0 Å². The number of rotatable bonds is 5. The lowest BCUT2D eigenvalue weighted by Gasteiger charge is -2.20. The van der Waals surface area contributed by atoms with Crippen LogP contribution in [0, 0.1) is 3.57 Å². The fourth-order valence-electron chi connectivity index (χ4n) is 2.12. The molecule has 5 nitrogen and oxygen atoms in total. The third-order valence-corrected chi connectivity index (χ3v) is 3.94. The van der Waals surface area contributed by atoms with Gasteiger partial charge in [-0.2, -0.15) is 0 Å². The Bertz CT molecular complexity index is 443. The monoisotopic (exact) mass is 363 g/mol. The second-order valence-corrected chi connectivity index (χ2v) is 5.70. The molecule has 1 aliphatic rings. The normalized spacial score (nSPS) is 21.1. The molecule has 2 heterocycles. The molecule has 6 heteroatoms. The van der Waals surface area contributed by atoms with E-state index in [1.54, 1.807) is 17.1 Å². The minimum Gasteiger partial charge on any atom is -0.377 e. The summed E-state index contributed by atoms with van der Waals surface area (Å²) in [7, 11) is 0. The molecule has 100 valence electrons. The first-order chi connectivity index (χ1) is 8.68. The van der Waals surface area contributed by atoms with E-state index >= 15 is 0 Å². The van der Waals surface area contributed by atoms with Gasteiger partial charge in [0.25, 0.3) is 5.56 Å². The zero-order chi connectivity index (χ0) is 13.0. The molecule has 0 aromatic carbocycles. The molecular formula is C12H18IN3O2. The molecule has 18 heavy (non-hydrogen) atoms. The SMILES string of the molecule is CC(NCCn1cncc(I)c1=O)C1CCCO1. The van der Waals surface area contributed by atoms with Gasteiger partial charge in [0, 0.05) is 31.9 Å². The van der Waals surface area contributed by atoms with Gasteiger partial charge in [0.05, 0.1) is 16.0 Å². The predicted octanol–water partition coefficient (Wildman–Crippen LogP) is 1.00. The number of hydrogen-bond acceptors (Lipinski definition) is 4. The van der Waals surface area contributed by atoms with Crippen molar-refractivity contribution in [2.24, 2.45) is 0 Å². The summed E-state index contributed by atoms with van der Waals surface area (Å²) in [4.78, 5) is 15.8. The number of nitrogens with zero attached hydrogens (tertiary/aromatic N) is 2. The summed E-state index contributed by atoms with van der Waals surface area (Å²) in [6.07, 6.45) is 5.76. The van der Waals surface area contributed by atoms with Gasteiger partial charge in [0.2, 0.25) is 0 Å². The van der Waals surface area contributed by atoms with E-state index in [-0.39, 0.29) is 5.56 Å². The van der Waals surface area contributed by atoms with Crippen molar-refractivity contribution in [3.63, 3.8) is 0 Å². The van der Waals surface area contributed by atoms with Crippen molar-refractivity contribution in [1.29, 1.82) is 0 Å². The first-order valence-corrected chi connectivity index (χ1v) is 7.31. The molecule has 0 aliphatic carbocycles. The largest absolute Gasteiger partial charge is 0.377 e. The standard InChI is InChI=1S/C12H18IN3O2/c1-9(11-3-2-6-18-11)15-4-5-16-8-14-7-10(13)12(16)17/h7-9,11,15H,2-6H2,1H3. The Morgan fingerprint density at radius 1 is 1.72 bits per heavy atom. The summed E-state index contributed by atoms with van der Waals surface area (Å²) < 4.78 is 7.91. The lowest BCUT2D eigenvalue weighted by Crippen LogP contribution is -2.39. The zero-order valence-corrected chi connectivity index (χ0v) is 12.6. The molecule has 1 fully saturated rings. The van der Waals surface area contributed by atoms with Crippen molar-refractivity contribution in [3.05, 3.63) is 26.4 Å². The Kier molecular flexibility index (Phi) is 5.13. The highest BCUT2D eigenvalue weighted by Crippen LogP contribution is 2.15. The molecule has 2 rings (SSSR count). The Balaban J connectivity index is 1.81. The maximum Gasteiger partial charge on any atom is 0.266 e. The Morgan fingerprint density at radius 3 is 3.28 bits per heavy atom. The molecule has 0 spiro atoms. The van der Waals surface area contributed by atoms with E-state index in [4.69, 9.17) is 4.74 Å². The Labute approximate surface area is 120 Å². The van der Waals surface area contributed by atoms with Gasteiger partial charge in [-0.25, -0.2) is 4.98 Å². The van der Waals surface area contributed by atoms with Crippen molar-refractivity contribution in [3.8, 4) is 0 Å². The van der Waals surface area contributed by atoms with Gasteiger partial charge in [-0.05, 0) is 42.4 Å². The number of aromatic nitrogens is 2. The van der Waals surface area contributed by atoms with Gasteiger partial charge in [0.1, 0.15) is 0 Å². The van der Waals surface area contributed by atoms with E-state index in [9.17, 15) is 4.79 Å².